The maximum atomic E-state index is 13.8. The number of halogens is 1. The van der Waals surface area contributed by atoms with Crippen LogP contribution in [0, 0.1) is 13.8 Å². The fourth-order valence-electron chi connectivity index (χ4n) is 5.12. The van der Waals surface area contributed by atoms with Gasteiger partial charge in [-0.2, -0.15) is 0 Å². The standard InChI is InChI=1S/C41H33BrN4O3S2/c1-26-13-17-29(18-14-26)36-27(2)50-41(45-36)46-40(49)37(30-9-5-3-6-10-30)51-34-23-21-33(22-24-34)43-39(48)35(25-28-15-19-32(42)20-16-28)44-38(47)31-11-7-4-8-12-31/h3-25,37H,1-2H3,(H,43,48)(H,44,47)(H,45,46,49)/b35-25-. The average Bonchev–Trinajstić information content (AvgIpc) is 3.51. The van der Waals surface area contributed by atoms with Gasteiger partial charge in [-0.15, -0.1) is 23.1 Å². The van der Waals surface area contributed by atoms with Crippen LogP contribution in [-0.4, -0.2) is 22.7 Å². The SMILES string of the molecule is Cc1ccc(-c2nc(NC(=O)C(Sc3ccc(NC(=O)/C(=C/c4ccc(Br)cc4)NC(=O)c4ccccc4)cc3)c3ccccc3)sc2C)cc1. The minimum Gasteiger partial charge on any atom is -0.321 e. The number of rotatable bonds is 11. The van der Waals surface area contributed by atoms with E-state index in [9.17, 15) is 14.4 Å². The van der Waals surface area contributed by atoms with Gasteiger partial charge in [-0.1, -0.05) is 106 Å². The molecular weight excluding hydrogens is 741 g/mol. The second-order valence-corrected chi connectivity index (χ2v) is 14.9. The third-order valence-electron chi connectivity index (χ3n) is 7.77. The number of amides is 3. The fourth-order valence-corrected chi connectivity index (χ4v) is 7.25. The first-order valence-electron chi connectivity index (χ1n) is 16.0. The van der Waals surface area contributed by atoms with E-state index >= 15 is 0 Å². The second kappa shape index (κ2) is 16.6. The number of aryl methyl sites for hydroxylation is 2. The minimum absolute atomic E-state index is 0.0911. The molecule has 7 nitrogen and oxygen atoms in total. The third kappa shape index (κ3) is 9.49. The fraction of sp³-hybridized carbons (Fsp3) is 0.0732. The van der Waals surface area contributed by atoms with Crippen LogP contribution in [0.1, 0.15) is 37.2 Å². The molecule has 1 atom stereocenters. The lowest BCUT2D eigenvalue weighted by atomic mass is 10.1. The summed E-state index contributed by atoms with van der Waals surface area (Å²) in [6, 6.07) is 41.2. The molecule has 1 heterocycles. The molecule has 6 aromatic rings. The summed E-state index contributed by atoms with van der Waals surface area (Å²) in [6.45, 7) is 4.05. The van der Waals surface area contributed by atoms with Crippen molar-refractivity contribution in [3.63, 3.8) is 0 Å². The van der Waals surface area contributed by atoms with Gasteiger partial charge in [0.2, 0.25) is 5.91 Å². The Labute approximate surface area is 313 Å². The smallest absolute Gasteiger partial charge is 0.272 e. The highest BCUT2D eigenvalue weighted by atomic mass is 79.9. The van der Waals surface area contributed by atoms with Crippen LogP contribution < -0.4 is 16.0 Å². The first-order chi connectivity index (χ1) is 24.7. The molecule has 0 fully saturated rings. The number of aromatic nitrogens is 1. The Bertz CT molecular complexity index is 2170. The molecule has 1 aromatic heterocycles. The number of thiazole rings is 1. The summed E-state index contributed by atoms with van der Waals surface area (Å²) >= 11 is 6.28. The summed E-state index contributed by atoms with van der Waals surface area (Å²) in [4.78, 5) is 46.9. The van der Waals surface area contributed by atoms with E-state index in [2.05, 4.69) is 44.0 Å². The van der Waals surface area contributed by atoms with Gasteiger partial charge in [-0.05, 0) is 79.6 Å². The van der Waals surface area contributed by atoms with Crippen LogP contribution in [0.4, 0.5) is 10.8 Å². The molecule has 10 heteroatoms. The van der Waals surface area contributed by atoms with Gasteiger partial charge in [-0.3, -0.25) is 14.4 Å². The molecule has 5 aromatic carbocycles. The Kier molecular flexibility index (Phi) is 11.6. The molecule has 1 unspecified atom stereocenters. The summed E-state index contributed by atoms with van der Waals surface area (Å²) in [7, 11) is 0. The van der Waals surface area contributed by atoms with Crippen molar-refractivity contribution in [1.82, 2.24) is 10.3 Å². The first-order valence-corrected chi connectivity index (χ1v) is 18.5. The van der Waals surface area contributed by atoms with Gasteiger partial charge in [-0.25, -0.2) is 4.98 Å². The predicted molar refractivity (Wildman–Crippen MR) is 212 cm³/mol. The highest BCUT2D eigenvalue weighted by Gasteiger charge is 2.24. The summed E-state index contributed by atoms with van der Waals surface area (Å²) in [5, 5.41) is 8.69. The molecule has 254 valence electrons. The van der Waals surface area contributed by atoms with E-state index in [4.69, 9.17) is 4.98 Å². The van der Waals surface area contributed by atoms with Crippen LogP contribution in [-0.2, 0) is 9.59 Å². The number of anilines is 2. The van der Waals surface area contributed by atoms with Crippen LogP contribution in [0.15, 0.2) is 149 Å². The van der Waals surface area contributed by atoms with Crippen molar-refractivity contribution < 1.29 is 14.4 Å². The molecule has 51 heavy (non-hydrogen) atoms. The Balaban J connectivity index is 1.17. The molecule has 0 aliphatic heterocycles. The molecule has 0 bridgehead atoms. The number of carbonyl (C=O) groups is 3. The van der Waals surface area contributed by atoms with E-state index in [0.717, 1.165) is 36.6 Å². The van der Waals surface area contributed by atoms with Gasteiger partial charge in [0.05, 0.1) is 5.69 Å². The normalized spacial score (nSPS) is 11.8. The first kappa shape index (κ1) is 35.5. The quantitative estimate of drug-likeness (QED) is 0.0900. The highest BCUT2D eigenvalue weighted by Crippen LogP contribution is 2.38. The van der Waals surface area contributed by atoms with Crippen LogP contribution in [0.25, 0.3) is 17.3 Å². The van der Waals surface area contributed by atoms with Gasteiger partial charge >= 0.3 is 0 Å². The summed E-state index contributed by atoms with van der Waals surface area (Å²) in [5.41, 5.74) is 5.67. The van der Waals surface area contributed by atoms with Crippen molar-refractivity contribution in [2.75, 3.05) is 10.6 Å². The van der Waals surface area contributed by atoms with Crippen molar-refractivity contribution in [2.45, 2.75) is 24.0 Å². The molecular formula is C41H33BrN4O3S2. The van der Waals surface area contributed by atoms with E-state index in [0.29, 0.717) is 16.4 Å². The molecule has 3 N–H and O–H groups in total. The van der Waals surface area contributed by atoms with Gasteiger partial charge in [0.15, 0.2) is 5.13 Å². The third-order valence-corrected chi connectivity index (χ3v) is 10.4. The van der Waals surface area contributed by atoms with Crippen LogP contribution in [0.3, 0.4) is 0 Å². The van der Waals surface area contributed by atoms with Crippen molar-refractivity contribution in [2.24, 2.45) is 0 Å². The monoisotopic (exact) mass is 772 g/mol. The molecule has 0 saturated heterocycles. The molecule has 0 saturated carbocycles. The topological polar surface area (TPSA) is 100 Å². The van der Waals surface area contributed by atoms with Gasteiger partial charge in [0.1, 0.15) is 10.9 Å². The lowest BCUT2D eigenvalue weighted by Gasteiger charge is -2.17. The van der Waals surface area contributed by atoms with Gasteiger partial charge < -0.3 is 16.0 Å². The molecule has 0 radical (unpaired) electrons. The number of thioether (sulfide) groups is 1. The van der Waals surface area contributed by atoms with Crippen LogP contribution in [0.5, 0.6) is 0 Å². The average molecular weight is 774 g/mol. The summed E-state index contributed by atoms with van der Waals surface area (Å²) < 4.78 is 0.898. The maximum absolute atomic E-state index is 13.8. The zero-order chi connectivity index (χ0) is 35.7. The summed E-state index contributed by atoms with van der Waals surface area (Å²) in [6.07, 6.45) is 1.63. The Morgan fingerprint density at radius 1 is 0.765 bits per heavy atom. The zero-order valence-corrected chi connectivity index (χ0v) is 30.9. The maximum Gasteiger partial charge on any atom is 0.272 e. The molecule has 0 aliphatic rings. The van der Waals surface area contributed by atoms with Gasteiger partial charge in [0.25, 0.3) is 11.8 Å². The van der Waals surface area contributed by atoms with Crippen molar-refractivity contribution >= 4 is 73.6 Å². The molecule has 3 amide bonds. The number of nitrogens with one attached hydrogen (secondary N) is 3. The van der Waals surface area contributed by atoms with E-state index < -0.39 is 17.1 Å². The zero-order valence-electron chi connectivity index (χ0n) is 27.7. The Morgan fingerprint density at radius 3 is 2.08 bits per heavy atom. The molecule has 0 aliphatic carbocycles. The van der Waals surface area contributed by atoms with Crippen LogP contribution >= 0.6 is 39.0 Å². The lowest BCUT2D eigenvalue weighted by molar-refractivity contribution is -0.116. The van der Waals surface area contributed by atoms with E-state index in [-0.39, 0.29) is 11.6 Å². The van der Waals surface area contributed by atoms with Gasteiger partial charge in [0, 0.05) is 31.1 Å². The predicted octanol–water partition coefficient (Wildman–Crippen LogP) is 10.1. The van der Waals surface area contributed by atoms with E-state index in [1.54, 1.807) is 42.5 Å². The largest absolute Gasteiger partial charge is 0.321 e. The number of benzene rings is 5. The van der Waals surface area contributed by atoms with Crippen LogP contribution in [0.2, 0.25) is 0 Å². The number of nitrogens with zero attached hydrogens (tertiary/aromatic N) is 1. The van der Waals surface area contributed by atoms with Crippen molar-refractivity contribution in [3.05, 3.63) is 171 Å². The lowest BCUT2D eigenvalue weighted by Crippen LogP contribution is -2.30. The number of hydrogen-bond donors (Lipinski definition) is 3. The number of carbonyl (C=O) groups excluding carboxylic acids is 3. The summed E-state index contributed by atoms with van der Waals surface area (Å²) in [5.74, 6) is -1.07. The second-order valence-electron chi connectivity index (χ2n) is 11.6. The van der Waals surface area contributed by atoms with Crippen molar-refractivity contribution in [3.8, 4) is 11.3 Å². The van der Waals surface area contributed by atoms with E-state index in [1.807, 2.05) is 98.8 Å². The van der Waals surface area contributed by atoms with E-state index in [1.165, 1.54) is 28.7 Å². The molecule has 0 spiro atoms. The Morgan fingerprint density at radius 2 is 1.41 bits per heavy atom. The Hall–Kier alpha value is -5.29. The minimum atomic E-state index is -0.563. The molecule has 6 rings (SSSR count). The highest BCUT2D eigenvalue weighted by molar-refractivity contribution is 9.10. The number of hydrogen-bond acceptors (Lipinski definition) is 6. The van der Waals surface area contributed by atoms with Crippen molar-refractivity contribution in [1.29, 1.82) is 0 Å².